The predicted octanol–water partition coefficient (Wildman–Crippen LogP) is 3.97. The summed E-state index contributed by atoms with van der Waals surface area (Å²) < 4.78 is 5.65. The standard InChI is InChI=1S/C19H32N2O/c1-5-8-22-19-7-6-17(11-18(19)20)10-16(4)21-12-14(2)9-15(3)13-21/h6-7,11,14-16H,5,8-10,12-13,20H2,1-4H3. The summed E-state index contributed by atoms with van der Waals surface area (Å²) in [7, 11) is 0. The third-order valence-electron chi connectivity index (χ3n) is 4.59. The molecule has 0 saturated carbocycles. The van der Waals surface area contributed by atoms with Crippen molar-refractivity contribution in [3.8, 4) is 5.75 Å². The monoisotopic (exact) mass is 304 g/mol. The molecule has 1 aliphatic rings. The zero-order chi connectivity index (χ0) is 16.1. The second-order valence-electron chi connectivity index (χ2n) is 7.17. The molecule has 1 aliphatic heterocycles. The summed E-state index contributed by atoms with van der Waals surface area (Å²) in [5.41, 5.74) is 8.19. The van der Waals surface area contributed by atoms with Crippen molar-refractivity contribution < 1.29 is 4.74 Å². The highest BCUT2D eigenvalue weighted by Crippen LogP contribution is 2.26. The van der Waals surface area contributed by atoms with Crippen molar-refractivity contribution in [1.82, 2.24) is 4.90 Å². The summed E-state index contributed by atoms with van der Waals surface area (Å²) in [6.07, 6.45) is 3.42. The lowest BCUT2D eigenvalue weighted by Crippen LogP contribution is -2.44. The van der Waals surface area contributed by atoms with Crippen molar-refractivity contribution in [2.45, 2.75) is 53.0 Å². The zero-order valence-corrected chi connectivity index (χ0v) is 14.6. The molecule has 124 valence electrons. The Bertz CT molecular complexity index is 465. The molecule has 0 aromatic heterocycles. The first kappa shape index (κ1) is 17.1. The molecule has 3 unspecified atom stereocenters. The first-order valence-corrected chi connectivity index (χ1v) is 8.74. The van der Waals surface area contributed by atoms with Gasteiger partial charge in [0.25, 0.3) is 0 Å². The van der Waals surface area contributed by atoms with Crippen LogP contribution in [0.2, 0.25) is 0 Å². The molecule has 3 nitrogen and oxygen atoms in total. The van der Waals surface area contributed by atoms with Gasteiger partial charge in [-0.25, -0.2) is 0 Å². The molecule has 0 aliphatic carbocycles. The molecule has 1 heterocycles. The van der Waals surface area contributed by atoms with E-state index in [1.54, 1.807) is 0 Å². The van der Waals surface area contributed by atoms with Crippen LogP contribution in [0.1, 0.15) is 46.1 Å². The summed E-state index contributed by atoms with van der Waals surface area (Å²) >= 11 is 0. The fraction of sp³-hybridized carbons (Fsp3) is 0.684. The van der Waals surface area contributed by atoms with Crippen molar-refractivity contribution in [2.24, 2.45) is 11.8 Å². The molecule has 1 saturated heterocycles. The molecule has 3 atom stereocenters. The SMILES string of the molecule is CCCOc1ccc(CC(C)N2CC(C)CC(C)C2)cc1N. The fourth-order valence-electron chi connectivity index (χ4n) is 3.61. The smallest absolute Gasteiger partial charge is 0.142 e. The van der Waals surface area contributed by atoms with Crippen LogP contribution in [0.25, 0.3) is 0 Å². The maximum atomic E-state index is 6.12. The summed E-state index contributed by atoms with van der Waals surface area (Å²) in [6.45, 7) is 12.3. The van der Waals surface area contributed by atoms with Gasteiger partial charge in [0.05, 0.1) is 12.3 Å². The number of hydrogen-bond donors (Lipinski definition) is 1. The minimum absolute atomic E-state index is 0.562. The molecule has 0 amide bonds. The van der Waals surface area contributed by atoms with Gasteiger partial charge in [-0.3, -0.25) is 4.90 Å². The highest BCUT2D eigenvalue weighted by Gasteiger charge is 2.25. The van der Waals surface area contributed by atoms with Gasteiger partial charge in [0.15, 0.2) is 0 Å². The minimum Gasteiger partial charge on any atom is -0.491 e. The Morgan fingerprint density at radius 2 is 1.95 bits per heavy atom. The summed E-state index contributed by atoms with van der Waals surface area (Å²) in [5.74, 6) is 2.43. The lowest BCUT2D eigenvalue weighted by Gasteiger charge is -2.39. The number of nitrogens with zero attached hydrogens (tertiary/aromatic N) is 1. The van der Waals surface area contributed by atoms with Gasteiger partial charge in [-0.05, 0) is 55.7 Å². The lowest BCUT2D eigenvalue weighted by atomic mass is 9.90. The van der Waals surface area contributed by atoms with E-state index < -0.39 is 0 Å². The highest BCUT2D eigenvalue weighted by atomic mass is 16.5. The van der Waals surface area contributed by atoms with Crippen LogP contribution in [0.3, 0.4) is 0 Å². The van der Waals surface area contributed by atoms with Gasteiger partial charge in [-0.1, -0.05) is 26.8 Å². The molecule has 0 bridgehead atoms. The molecular weight excluding hydrogens is 272 g/mol. The quantitative estimate of drug-likeness (QED) is 0.808. The highest BCUT2D eigenvalue weighted by molar-refractivity contribution is 5.54. The van der Waals surface area contributed by atoms with Crippen LogP contribution in [0.4, 0.5) is 5.69 Å². The van der Waals surface area contributed by atoms with Gasteiger partial charge < -0.3 is 10.5 Å². The van der Waals surface area contributed by atoms with Gasteiger partial charge in [-0.15, -0.1) is 0 Å². The summed E-state index contributed by atoms with van der Waals surface area (Å²) in [5, 5.41) is 0. The third-order valence-corrected chi connectivity index (χ3v) is 4.59. The number of piperidine rings is 1. The fourth-order valence-corrected chi connectivity index (χ4v) is 3.61. The average Bonchev–Trinajstić information content (AvgIpc) is 2.45. The second kappa shape index (κ2) is 7.87. The van der Waals surface area contributed by atoms with E-state index in [0.717, 1.165) is 42.7 Å². The zero-order valence-electron chi connectivity index (χ0n) is 14.6. The molecule has 1 fully saturated rings. The van der Waals surface area contributed by atoms with Crippen molar-refractivity contribution in [3.05, 3.63) is 23.8 Å². The van der Waals surface area contributed by atoms with E-state index in [2.05, 4.69) is 44.7 Å². The molecule has 3 heteroatoms. The van der Waals surface area contributed by atoms with Gasteiger partial charge in [-0.2, -0.15) is 0 Å². The maximum absolute atomic E-state index is 6.12. The van der Waals surface area contributed by atoms with E-state index in [-0.39, 0.29) is 0 Å². The number of ether oxygens (including phenoxy) is 1. The first-order valence-electron chi connectivity index (χ1n) is 8.74. The Morgan fingerprint density at radius 3 is 2.55 bits per heavy atom. The van der Waals surface area contributed by atoms with Crippen molar-refractivity contribution in [2.75, 3.05) is 25.4 Å². The van der Waals surface area contributed by atoms with E-state index in [4.69, 9.17) is 10.5 Å². The van der Waals surface area contributed by atoms with Gasteiger partial charge >= 0.3 is 0 Å². The molecule has 0 radical (unpaired) electrons. The van der Waals surface area contributed by atoms with E-state index in [9.17, 15) is 0 Å². The average molecular weight is 304 g/mol. The normalized spacial score (nSPS) is 24.2. The summed E-state index contributed by atoms with van der Waals surface area (Å²) in [6, 6.07) is 6.83. The molecule has 1 aromatic rings. The van der Waals surface area contributed by atoms with Crippen LogP contribution in [0.15, 0.2) is 18.2 Å². The van der Waals surface area contributed by atoms with Crippen LogP contribution in [-0.4, -0.2) is 30.6 Å². The van der Waals surface area contributed by atoms with Gasteiger partial charge in [0.1, 0.15) is 5.75 Å². The van der Waals surface area contributed by atoms with E-state index in [0.29, 0.717) is 6.04 Å². The Kier molecular flexibility index (Phi) is 6.13. The van der Waals surface area contributed by atoms with E-state index in [1.165, 1.54) is 25.1 Å². The second-order valence-corrected chi connectivity index (χ2v) is 7.17. The Hall–Kier alpha value is -1.22. The first-order chi connectivity index (χ1) is 10.5. The predicted molar refractivity (Wildman–Crippen MR) is 94.3 cm³/mol. The molecule has 1 aromatic carbocycles. The molecule has 0 spiro atoms. The Balaban J connectivity index is 1.96. The largest absolute Gasteiger partial charge is 0.491 e. The Labute approximate surface area is 135 Å². The minimum atomic E-state index is 0.562. The number of nitrogen functional groups attached to an aromatic ring is 1. The molecule has 2 rings (SSSR count). The maximum Gasteiger partial charge on any atom is 0.142 e. The molecule has 22 heavy (non-hydrogen) atoms. The van der Waals surface area contributed by atoms with Crippen molar-refractivity contribution in [3.63, 3.8) is 0 Å². The van der Waals surface area contributed by atoms with E-state index >= 15 is 0 Å². The Morgan fingerprint density at radius 1 is 1.27 bits per heavy atom. The number of hydrogen-bond acceptors (Lipinski definition) is 3. The van der Waals surface area contributed by atoms with Crippen LogP contribution >= 0.6 is 0 Å². The molecule has 2 N–H and O–H groups in total. The molecular formula is C19H32N2O. The number of benzene rings is 1. The number of nitrogens with two attached hydrogens (primary N) is 1. The lowest BCUT2D eigenvalue weighted by molar-refractivity contribution is 0.103. The summed E-state index contributed by atoms with van der Waals surface area (Å²) in [4.78, 5) is 2.64. The number of anilines is 1. The van der Waals surface area contributed by atoms with Crippen molar-refractivity contribution in [1.29, 1.82) is 0 Å². The van der Waals surface area contributed by atoms with Crippen LogP contribution in [0.5, 0.6) is 5.75 Å². The van der Waals surface area contributed by atoms with Gasteiger partial charge in [0.2, 0.25) is 0 Å². The van der Waals surface area contributed by atoms with E-state index in [1.807, 2.05) is 6.07 Å². The number of rotatable bonds is 6. The third kappa shape index (κ3) is 4.64. The van der Waals surface area contributed by atoms with Crippen molar-refractivity contribution >= 4 is 5.69 Å². The topological polar surface area (TPSA) is 38.5 Å². The van der Waals surface area contributed by atoms with Crippen LogP contribution < -0.4 is 10.5 Å². The van der Waals surface area contributed by atoms with Crippen LogP contribution in [-0.2, 0) is 6.42 Å². The number of likely N-dealkylation sites (tertiary alicyclic amines) is 1. The van der Waals surface area contributed by atoms with Crippen LogP contribution in [0, 0.1) is 11.8 Å². The van der Waals surface area contributed by atoms with Gasteiger partial charge in [0, 0.05) is 19.1 Å².